The Morgan fingerprint density at radius 3 is 3.06 bits per heavy atom. The van der Waals surface area contributed by atoms with Gasteiger partial charge in [0.15, 0.2) is 0 Å². The quantitative estimate of drug-likeness (QED) is 0.852. The molecule has 2 heterocycles. The van der Waals surface area contributed by atoms with Gasteiger partial charge >= 0.3 is 5.97 Å². The van der Waals surface area contributed by atoms with E-state index in [2.05, 4.69) is 4.98 Å². The van der Waals surface area contributed by atoms with Crippen molar-refractivity contribution in [2.75, 3.05) is 0 Å². The molecule has 0 saturated carbocycles. The number of thiophene rings is 1. The van der Waals surface area contributed by atoms with E-state index in [1.54, 1.807) is 24.2 Å². The van der Waals surface area contributed by atoms with Crippen molar-refractivity contribution < 1.29 is 9.90 Å². The lowest BCUT2D eigenvalue weighted by molar-refractivity contribution is 0.0702. The van der Waals surface area contributed by atoms with Crippen molar-refractivity contribution >= 4 is 29.1 Å². The summed E-state index contributed by atoms with van der Waals surface area (Å²) in [5.41, 5.74) is 1.12. The Hall–Kier alpha value is -1.27. The molecule has 0 fully saturated rings. The molecule has 16 heavy (non-hydrogen) atoms. The van der Waals surface area contributed by atoms with Crippen LogP contribution in [0.2, 0.25) is 0 Å². The van der Waals surface area contributed by atoms with E-state index in [-0.39, 0.29) is 0 Å². The van der Waals surface area contributed by atoms with Crippen LogP contribution in [0.3, 0.4) is 0 Å². The second-order valence-electron chi connectivity index (χ2n) is 3.24. The van der Waals surface area contributed by atoms with Crippen LogP contribution in [-0.4, -0.2) is 20.6 Å². The predicted octanol–water partition coefficient (Wildman–Crippen LogP) is 2.47. The van der Waals surface area contributed by atoms with Gasteiger partial charge in [0, 0.05) is 35.0 Å². The van der Waals surface area contributed by atoms with E-state index < -0.39 is 5.97 Å². The number of aryl methyl sites for hydroxylation is 1. The molecule has 6 heteroatoms. The highest BCUT2D eigenvalue weighted by Crippen LogP contribution is 2.27. The Bertz CT molecular complexity index is 504. The first-order valence-corrected chi connectivity index (χ1v) is 6.43. The van der Waals surface area contributed by atoms with Gasteiger partial charge in [-0.2, -0.15) is 0 Å². The first-order chi connectivity index (χ1) is 7.66. The maximum atomic E-state index is 10.7. The van der Waals surface area contributed by atoms with Crippen molar-refractivity contribution in [2.24, 2.45) is 7.05 Å². The van der Waals surface area contributed by atoms with Gasteiger partial charge in [0.25, 0.3) is 0 Å². The van der Waals surface area contributed by atoms with Gasteiger partial charge < -0.3 is 9.67 Å². The number of carboxylic acid groups (broad SMARTS) is 1. The molecular formula is C10H10N2O2S2. The number of aromatic nitrogens is 2. The third-order valence-electron chi connectivity index (χ3n) is 2.09. The Labute approximate surface area is 101 Å². The summed E-state index contributed by atoms with van der Waals surface area (Å²) in [6, 6.07) is 1.70. The second kappa shape index (κ2) is 4.71. The molecule has 4 nitrogen and oxygen atoms in total. The highest BCUT2D eigenvalue weighted by atomic mass is 32.2. The largest absolute Gasteiger partial charge is 0.477 e. The topological polar surface area (TPSA) is 55.1 Å². The van der Waals surface area contributed by atoms with E-state index in [9.17, 15) is 4.79 Å². The molecule has 2 rings (SSSR count). The molecule has 2 aromatic heterocycles. The third-order valence-corrected chi connectivity index (χ3v) is 4.17. The molecule has 0 aliphatic carbocycles. The summed E-state index contributed by atoms with van der Waals surface area (Å²) in [5, 5.41) is 10.6. The molecule has 0 saturated heterocycles. The second-order valence-corrected chi connectivity index (χ2v) is 5.20. The fraction of sp³-hybridized carbons (Fsp3) is 0.200. The van der Waals surface area contributed by atoms with Crippen molar-refractivity contribution in [1.82, 2.24) is 9.55 Å². The molecule has 0 aliphatic heterocycles. The first-order valence-electron chi connectivity index (χ1n) is 4.56. The summed E-state index contributed by atoms with van der Waals surface area (Å²) in [5.74, 6) is -0.0656. The lowest BCUT2D eigenvalue weighted by Crippen LogP contribution is -1.92. The number of imidazole rings is 1. The summed E-state index contributed by atoms with van der Waals surface area (Å²) in [7, 11) is 1.94. The number of aromatic carboxylic acids is 1. The van der Waals surface area contributed by atoms with Gasteiger partial charge in [-0.1, -0.05) is 0 Å². The van der Waals surface area contributed by atoms with Crippen LogP contribution in [0.4, 0.5) is 0 Å². The predicted molar refractivity (Wildman–Crippen MR) is 64.0 cm³/mol. The normalized spacial score (nSPS) is 10.6. The first kappa shape index (κ1) is 11.2. The van der Waals surface area contributed by atoms with Crippen LogP contribution in [0.1, 0.15) is 15.4 Å². The molecule has 84 valence electrons. The van der Waals surface area contributed by atoms with Crippen LogP contribution < -0.4 is 0 Å². The molecule has 0 spiro atoms. The van der Waals surface area contributed by atoms with Crippen molar-refractivity contribution in [1.29, 1.82) is 0 Å². The van der Waals surface area contributed by atoms with E-state index in [1.165, 1.54) is 11.3 Å². The van der Waals surface area contributed by atoms with E-state index in [0.29, 0.717) is 4.88 Å². The highest BCUT2D eigenvalue weighted by Gasteiger charge is 2.07. The molecule has 0 bridgehead atoms. The monoisotopic (exact) mass is 254 g/mol. The summed E-state index contributed by atoms with van der Waals surface area (Å²) < 4.78 is 1.96. The number of carboxylic acids is 1. The average Bonchev–Trinajstić information content (AvgIpc) is 2.83. The zero-order chi connectivity index (χ0) is 11.5. The van der Waals surface area contributed by atoms with Crippen LogP contribution in [0.15, 0.2) is 28.9 Å². The zero-order valence-electron chi connectivity index (χ0n) is 8.58. The smallest absolute Gasteiger partial charge is 0.345 e. The van der Waals surface area contributed by atoms with E-state index in [1.807, 2.05) is 23.2 Å². The molecule has 2 aromatic rings. The van der Waals surface area contributed by atoms with Crippen LogP contribution >= 0.6 is 23.1 Å². The maximum Gasteiger partial charge on any atom is 0.345 e. The van der Waals surface area contributed by atoms with Crippen molar-refractivity contribution in [3.8, 4) is 0 Å². The van der Waals surface area contributed by atoms with Crippen LogP contribution in [0.25, 0.3) is 0 Å². The lowest BCUT2D eigenvalue weighted by Gasteiger charge is -1.99. The minimum Gasteiger partial charge on any atom is -0.477 e. The number of rotatable bonds is 4. The SMILES string of the molecule is Cn1cncc1CSc1csc(C(=O)O)c1. The Morgan fingerprint density at radius 1 is 1.69 bits per heavy atom. The number of nitrogens with zero attached hydrogens (tertiary/aromatic N) is 2. The molecule has 0 amide bonds. The Kier molecular flexibility index (Phi) is 3.31. The maximum absolute atomic E-state index is 10.7. The summed E-state index contributed by atoms with van der Waals surface area (Å²) in [6.07, 6.45) is 3.57. The number of carbonyl (C=O) groups is 1. The third kappa shape index (κ3) is 2.45. The average molecular weight is 254 g/mol. The van der Waals surface area contributed by atoms with Gasteiger partial charge in [-0.3, -0.25) is 0 Å². The minimum absolute atomic E-state index is 0.382. The molecule has 0 unspecified atom stereocenters. The Morgan fingerprint density at radius 2 is 2.50 bits per heavy atom. The Balaban J connectivity index is 2.00. The van der Waals surface area contributed by atoms with E-state index in [0.717, 1.165) is 16.3 Å². The number of thioether (sulfide) groups is 1. The van der Waals surface area contributed by atoms with Crippen LogP contribution in [0, 0.1) is 0 Å². The molecule has 0 aromatic carbocycles. The molecule has 0 atom stereocenters. The van der Waals surface area contributed by atoms with Gasteiger partial charge in [-0.05, 0) is 6.07 Å². The number of hydrogen-bond donors (Lipinski definition) is 1. The van der Waals surface area contributed by atoms with Crippen LogP contribution in [-0.2, 0) is 12.8 Å². The molecular weight excluding hydrogens is 244 g/mol. The van der Waals surface area contributed by atoms with Gasteiger partial charge in [0.05, 0.1) is 6.33 Å². The van der Waals surface area contributed by atoms with Crippen molar-refractivity contribution in [2.45, 2.75) is 10.6 Å². The van der Waals surface area contributed by atoms with Crippen LogP contribution in [0.5, 0.6) is 0 Å². The minimum atomic E-state index is -0.864. The van der Waals surface area contributed by atoms with Gasteiger partial charge in [0.2, 0.25) is 0 Å². The highest BCUT2D eigenvalue weighted by molar-refractivity contribution is 7.98. The van der Waals surface area contributed by atoms with Crippen molar-refractivity contribution in [3.05, 3.63) is 34.5 Å². The van der Waals surface area contributed by atoms with Gasteiger partial charge in [-0.15, -0.1) is 23.1 Å². The molecule has 0 aliphatic rings. The fourth-order valence-corrected chi connectivity index (χ4v) is 3.08. The van der Waals surface area contributed by atoms with E-state index in [4.69, 9.17) is 5.11 Å². The summed E-state index contributed by atoms with van der Waals surface area (Å²) >= 11 is 2.87. The fourth-order valence-electron chi connectivity index (χ4n) is 1.19. The molecule has 1 N–H and O–H groups in total. The van der Waals surface area contributed by atoms with E-state index >= 15 is 0 Å². The van der Waals surface area contributed by atoms with Gasteiger partial charge in [0.1, 0.15) is 4.88 Å². The summed E-state index contributed by atoms with van der Waals surface area (Å²) in [6.45, 7) is 0. The summed E-state index contributed by atoms with van der Waals surface area (Å²) in [4.78, 5) is 16.1. The zero-order valence-corrected chi connectivity index (χ0v) is 10.2. The number of hydrogen-bond acceptors (Lipinski definition) is 4. The van der Waals surface area contributed by atoms with Crippen molar-refractivity contribution in [3.63, 3.8) is 0 Å². The standard InChI is InChI=1S/C10H10N2O2S2/c1-12-6-11-3-7(12)4-15-8-2-9(10(13)14)16-5-8/h2-3,5-6H,4H2,1H3,(H,13,14). The lowest BCUT2D eigenvalue weighted by atomic mass is 10.5. The van der Waals surface area contributed by atoms with Gasteiger partial charge in [-0.25, -0.2) is 9.78 Å². The molecule has 0 radical (unpaired) electrons.